The van der Waals surface area contributed by atoms with E-state index in [9.17, 15) is 9.59 Å². The molecule has 0 N–H and O–H groups in total. The molecule has 1 aromatic carbocycles. The summed E-state index contributed by atoms with van der Waals surface area (Å²) in [6, 6.07) is 5.31. The highest BCUT2D eigenvalue weighted by Gasteiger charge is 2.24. The van der Waals surface area contributed by atoms with Gasteiger partial charge >= 0.3 is 0 Å². The van der Waals surface area contributed by atoms with Crippen molar-refractivity contribution >= 4 is 11.7 Å². The number of methoxy groups -OCH3 is 1. The Morgan fingerprint density at radius 3 is 2.56 bits per heavy atom. The Balaban J connectivity index is 1.89. The molecule has 1 fully saturated rings. The van der Waals surface area contributed by atoms with Crippen LogP contribution in [0.1, 0.15) is 55.5 Å². The number of hydrogen-bond acceptors (Lipinski definition) is 4. The van der Waals surface area contributed by atoms with Gasteiger partial charge in [0.05, 0.1) is 13.5 Å². The summed E-state index contributed by atoms with van der Waals surface area (Å²) in [5.74, 6) is 1.46. The number of piperidine rings is 1. The van der Waals surface area contributed by atoms with Crippen molar-refractivity contribution in [3.63, 3.8) is 0 Å². The minimum Gasteiger partial charge on any atom is -0.496 e. The molecule has 0 radical (unpaired) electrons. The van der Waals surface area contributed by atoms with Crippen molar-refractivity contribution in [3.8, 4) is 5.75 Å². The second-order valence-corrected chi connectivity index (χ2v) is 7.70. The van der Waals surface area contributed by atoms with E-state index in [0.717, 1.165) is 44.6 Å². The van der Waals surface area contributed by atoms with Crippen LogP contribution in [-0.2, 0) is 11.2 Å². The lowest BCUT2D eigenvalue weighted by Gasteiger charge is -2.34. The minimum absolute atomic E-state index is 0.000593. The Kier molecular flexibility index (Phi) is 8.29. The van der Waals surface area contributed by atoms with Crippen LogP contribution >= 0.6 is 0 Å². The summed E-state index contributed by atoms with van der Waals surface area (Å²) >= 11 is 0. The number of Topliss-reactive ketones (excluding diaryl/α,β-unsaturated/α-hetero) is 1. The maximum absolute atomic E-state index is 12.8. The number of unbranched alkanes of at least 4 members (excludes halogenated alkanes) is 1. The van der Waals surface area contributed by atoms with Gasteiger partial charge in [0.25, 0.3) is 0 Å². The zero-order chi connectivity index (χ0) is 19.8. The van der Waals surface area contributed by atoms with Crippen molar-refractivity contribution in [2.75, 3.05) is 40.3 Å². The average molecular weight is 375 g/mol. The Morgan fingerprint density at radius 1 is 1.26 bits per heavy atom. The lowest BCUT2D eigenvalue weighted by Crippen LogP contribution is -2.41. The number of carbonyl (C=O) groups excluding carboxylic acids is 2. The quantitative estimate of drug-likeness (QED) is 0.622. The SMILES string of the molecule is CCCCN(C)CC1CCN(C(=O)Cc2cc(C(C)=O)ccc2OC)CC1. The number of ether oxygens (including phenoxy) is 1. The van der Waals surface area contributed by atoms with Gasteiger partial charge in [-0.1, -0.05) is 13.3 Å². The fourth-order valence-electron chi connectivity index (χ4n) is 3.74. The first-order chi connectivity index (χ1) is 12.9. The molecule has 27 heavy (non-hydrogen) atoms. The van der Waals surface area contributed by atoms with Crippen molar-refractivity contribution in [2.24, 2.45) is 5.92 Å². The number of likely N-dealkylation sites (tertiary alicyclic amines) is 1. The Labute approximate surface area is 163 Å². The van der Waals surface area contributed by atoms with Crippen LogP contribution < -0.4 is 4.74 Å². The van der Waals surface area contributed by atoms with Crippen LogP contribution in [0.5, 0.6) is 5.75 Å². The first-order valence-corrected chi connectivity index (χ1v) is 10.1. The summed E-state index contributed by atoms with van der Waals surface area (Å²) in [6.45, 7) is 7.67. The predicted molar refractivity (Wildman–Crippen MR) is 108 cm³/mol. The van der Waals surface area contributed by atoms with Crippen LogP contribution in [0.25, 0.3) is 0 Å². The molecule has 1 aliphatic heterocycles. The molecule has 5 heteroatoms. The smallest absolute Gasteiger partial charge is 0.227 e. The molecule has 0 bridgehead atoms. The lowest BCUT2D eigenvalue weighted by molar-refractivity contribution is -0.131. The maximum Gasteiger partial charge on any atom is 0.227 e. The van der Waals surface area contributed by atoms with Gasteiger partial charge in [-0.3, -0.25) is 9.59 Å². The van der Waals surface area contributed by atoms with E-state index >= 15 is 0 Å². The third kappa shape index (κ3) is 6.35. The molecule has 0 aliphatic carbocycles. The molecule has 0 aromatic heterocycles. The highest BCUT2D eigenvalue weighted by molar-refractivity contribution is 5.94. The number of benzene rings is 1. The second kappa shape index (κ2) is 10.5. The standard InChI is InChI=1S/C22H34N2O3/c1-5-6-11-23(3)16-18-9-12-24(13-10-18)22(26)15-20-14-19(17(2)25)7-8-21(20)27-4/h7-8,14,18H,5-6,9-13,15-16H2,1-4H3. The zero-order valence-electron chi connectivity index (χ0n) is 17.3. The molecule has 1 saturated heterocycles. The Hall–Kier alpha value is -1.88. The normalized spacial score (nSPS) is 15.2. The molecule has 0 spiro atoms. The maximum atomic E-state index is 12.8. The van der Waals surface area contributed by atoms with Gasteiger partial charge in [0.2, 0.25) is 5.91 Å². The molecule has 0 atom stereocenters. The summed E-state index contributed by atoms with van der Waals surface area (Å²) in [5.41, 5.74) is 1.41. The highest BCUT2D eigenvalue weighted by Crippen LogP contribution is 2.23. The first kappa shape index (κ1) is 21.4. The van der Waals surface area contributed by atoms with Crippen molar-refractivity contribution in [1.29, 1.82) is 0 Å². The van der Waals surface area contributed by atoms with E-state index in [1.807, 2.05) is 4.90 Å². The third-order valence-corrected chi connectivity index (χ3v) is 5.46. The zero-order valence-corrected chi connectivity index (χ0v) is 17.3. The Bertz CT molecular complexity index is 636. The molecule has 2 rings (SSSR count). The van der Waals surface area contributed by atoms with Crippen molar-refractivity contribution < 1.29 is 14.3 Å². The summed E-state index contributed by atoms with van der Waals surface area (Å²) in [5, 5.41) is 0. The summed E-state index contributed by atoms with van der Waals surface area (Å²) in [7, 11) is 3.79. The summed E-state index contributed by atoms with van der Waals surface area (Å²) < 4.78 is 5.37. The van der Waals surface area contributed by atoms with Crippen molar-refractivity contribution in [1.82, 2.24) is 9.80 Å². The number of rotatable bonds is 9. The number of carbonyl (C=O) groups is 2. The number of amides is 1. The molecule has 5 nitrogen and oxygen atoms in total. The fraction of sp³-hybridized carbons (Fsp3) is 0.636. The van der Waals surface area contributed by atoms with E-state index in [4.69, 9.17) is 4.74 Å². The molecule has 150 valence electrons. The van der Waals surface area contributed by atoms with Crippen LogP contribution in [-0.4, -0.2) is 61.8 Å². The van der Waals surface area contributed by atoms with Gasteiger partial charge in [-0.25, -0.2) is 0 Å². The molecule has 1 amide bonds. The largest absolute Gasteiger partial charge is 0.496 e. The van der Waals surface area contributed by atoms with E-state index < -0.39 is 0 Å². The second-order valence-electron chi connectivity index (χ2n) is 7.70. The van der Waals surface area contributed by atoms with E-state index in [1.54, 1.807) is 25.3 Å². The molecule has 1 aliphatic rings. The Morgan fingerprint density at radius 2 is 1.96 bits per heavy atom. The van der Waals surface area contributed by atoms with Crippen LogP contribution in [0.15, 0.2) is 18.2 Å². The van der Waals surface area contributed by atoms with Gasteiger partial charge in [-0.2, -0.15) is 0 Å². The topological polar surface area (TPSA) is 49.9 Å². The summed E-state index contributed by atoms with van der Waals surface area (Å²) in [4.78, 5) is 28.8. The van der Waals surface area contributed by atoms with Gasteiger partial charge in [0.15, 0.2) is 5.78 Å². The van der Waals surface area contributed by atoms with Gasteiger partial charge < -0.3 is 14.5 Å². The van der Waals surface area contributed by atoms with E-state index in [-0.39, 0.29) is 18.1 Å². The first-order valence-electron chi connectivity index (χ1n) is 10.1. The lowest BCUT2D eigenvalue weighted by atomic mass is 9.95. The van der Waals surface area contributed by atoms with Gasteiger partial charge in [0, 0.05) is 30.8 Å². The molecular weight excluding hydrogens is 340 g/mol. The molecule has 0 unspecified atom stereocenters. The molecular formula is C22H34N2O3. The van der Waals surface area contributed by atoms with E-state index in [2.05, 4.69) is 18.9 Å². The van der Waals surface area contributed by atoms with Crippen LogP contribution in [0.3, 0.4) is 0 Å². The van der Waals surface area contributed by atoms with Crippen LogP contribution in [0.2, 0.25) is 0 Å². The van der Waals surface area contributed by atoms with Gasteiger partial charge in [-0.15, -0.1) is 0 Å². The van der Waals surface area contributed by atoms with Crippen LogP contribution in [0.4, 0.5) is 0 Å². The number of hydrogen-bond donors (Lipinski definition) is 0. The van der Waals surface area contributed by atoms with Gasteiger partial charge in [0.1, 0.15) is 5.75 Å². The number of ketones is 1. The number of nitrogens with zero attached hydrogens (tertiary/aromatic N) is 2. The van der Waals surface area contributed by atoms with E-state index in [1.165, 1.54) is 19.8 Å². The molecule has 0 saturated carbocycles. The average Bonchev–Trinajstić information content (AvgIpc) is 2.66. The summed E-state index contributed by atoms with van der Waals surface area (Å²) in [6.07, 6.45) is 4.88. The van der Waals surface area contributed by atoms with Crippen LogP contribution in [0, 0.1) is 5.92 Å². The van der Waals surface area contributed by atoms with E-state index in [0.29, 0.717) is 17.2 Å². The monoisotopic (exact) mass is 374 g/mol. The fourth-order valence-corrected chi connectivity index (χ4v) is 3.74. The van der Waals surface area contributed by atoms with Crippen molar-refractivity contribution in [3.05, 3.63) is 29.3 Å². The third-order valence-electron chi connectivity index (χ3n) is 5.46. The van der Waals surface area contributed by atoms with Crippen molar-refractivity contribution in [2.45, 2.75) is 46.0 Å². The highest BCUT2D eigenvalue weighted by atomic mass is 16.5. The minimum atomic E-state index is -0.000593. The van der Waals surface area contributed by atoms with Gasteiger partial charge in [-0.05, 0) is 63.9 Å². The molecule has 1 aromatic rings. The predicted octanol–water partition coefficient (Wildman–Crippen LogP) is 3.41. The molecule has 1 heterocycles.